The third-order valence-corrected chi connectivity index (χ3v) is 5.73. The van der Waals surface area contributed by atoms with Crippen molar-refractivity contribution >= 4 is 22.1 Å². The Morgan fingerprint density at radius 1 is 0.714 bits per heavy atom. The Labute approximate surface area is 206 Å². The van der Waals surface area contributed by atoms with Crippen molar-refractivity contribution in [2.75, 3.05) is 66.1 Å². The van der Waals surface area contributed by atoms with Gasteiger partial charge in [-0.15, -0.1) is 0 Å². The van der Waals surface area contributed by atoms with E-state index in [-0.39, 0.29) is 50.1 Å². The molecule has 1 N–H and O–H groups in total. The summed E-state index contributed by atoms with van der Waals surface area (Å²) in [4.78, 5) is 21.9. The molecule has 200 valence electrons. The zero-order valence-electron chi connectivity index (χ0n) is 20.1. The molecular weight excluding hydrogens is 484 g/mol. The van der Waals surface area contributed by atoms with Crippen LogP contribution in [-0.2, 0) is 47.6 Å². The van der Waals surface area contributed by atoms with E-state index >= 15 is 0 Å². The number of hydrogen-bond donors (Lipinski definition) is 1. The van der Waals surface area contributed by atoms with E-state index in [1.54, 1.807) is 12.1 Å². The van der Waals surface area contributed by atoms with Gasteiger partial charge in [-0.3, -0.25) is 13.8 Å². The fraction of sp³-hybridized carbons (Fsp3) is 0.652. The first kappa shape index (κ1) is 30.9. The van der Waals surface area contributed by atoms with Crippen LogP contribution in [0.5, 0.6) is 0 Å². The van der Waals surface area contributed by atoms with Crippen molar-refractivity contribution in [3.05, 3.63) is 29.8 Å². The third kappa shape index (κ3) is 17.1. The second-order valence-electron chi connectivity index (χ2n) is 7.36. The van der Waals surface area contributed by atoms with Gasteiger partial charge >= 0.3 is 11.9 Å². The minimum atomic E-state index is -3.78. The molecule has 0 aliphatic carbocycles. The Bertz CT molecular complexity index is 809. The molecule has 0 amide bonds. The average molecular weight is 521 g/mol. The predicted molar refractivity (Wildman–Crippen MR) is 125 cm³/mol. The summed E-state index contributed by atoms with van der Waals surface area (Å²) >= 11 is 0. The van der Waals surface area contributed by atoms with Crippen LogP contribution < -0.4 is 0 Å². The van der Waals surface area contributed by atoms with Gasteiger partial charge in [0.2, 0.25) is 0 Å². The normalized spacial score (nSPS) is 11.5. The molecule has 0 spiro atoms. The number of aryl methyl sites for hydroxylation is 1. The van der Waals surface area contributed by atoms with Gasteiger partial charge in [0.05, 0.1) is 64.4 Å². The first-order valence-electron chi connectivity index (χ1n) is 11.5. The molecule has 0 unspecified atom stereocenters. The molecule has 0 saturated heterocycles. The lowest BCUT2D eigenvalue weighted by atomic mass is 10.2. The van der Waals surface area contributed by atoms with Crippen LogP contribution in [0.25, 0.3) is 0 Å². The summed E-state index contributed by atoms with van der Waals surface area (Å²) in [6.07, 6.45) is 1.19. The lowest BCUT2D eigenvalue weighted by Gasteiger charge is -2.08. The summed E-state index contributed by atoms with van der Waals surface area (Å²) < 4.78 is 55.2. The number of carboxylic acid groups (broad SMARTS) is 1. The Morgan fingerprint density at radius 3 is 1.69 bits per heavy atom. The van der Waals surface area contributed by atoms with Crippen LogP contribution in [0.4, 0.5) is 0 Å². The average Bonchev–Trinajstić information content (AvgIpc) is 2.81. The number of carboxylic acids is 1. The number of carbonyl (C=O) groups is 2. The largest absolute Gasteiger partial charge is 0.481 e. The van der Waals surface area contributed by atoms with Crippen LogP contribution in [0.3, 0.4) is 0 Å². The number of unbranched alkanes of at least 4 members (excludes halogenated alkanes) is 1. The van der Waals surface area contributed by atoms with Gasteiger partial charge in [0, 0.05) is 12.8 Å². The van der Waals surface area contributed by atoms with Crippen LogP contribution in [0.15, 0.2) is 29.2 Å². The molecule has 0 heterocycles. The fourth-order valence-corrected chi connectivity index (χ4v) is 3.46. The van der Waals surface area contributed by atoms with E-state index in [9.17, 15) is 18.0 Å². The molecule has 0 radical (unpaired) electrons. The number of aliphatic carboxylic acids is 1. The van der Waals surface area contributed by atoms with E-state index in [1.165, 1.54) is 12.1 Å². The first-order valence-corrected chi connectivity index (χ1v) is 12.9. The van der Waals surface area contributed by atoms with E-state index in [2.05, 4.69) is 0 Å². The third-order valence-electron chi connectivity index (χ3n) is 4.40. The van der Waals surface area contributed by atoms with Gasteiger partial charge in [-0.05, 0) is 31.9 Å². The van der Waals surface area contributed by atoms with E-state index in [4.69, 9.17) is 33.0 Å². The second kappa shape index (κ2) is 19.1. The van der Waals surface area contributed by atoms with Crippen LogP contribution >= 0.6 is 0 Å². The van der Waals surface area contributed by atoms with Crippen LogP contribution in [0, 0.1) is 6.92 Å². The number of hydrogen-bond acceptors (Lipinski definition) is 10. The molecule has 1 rings (SSSR count). The van der Waals surface area contributed by atoms with Gasteiger partial charge in [0.25, 0.3) is 10.1 Å². The molecule has 0 aliphatic heterocycles. The number of esters is 1. The second-order valence-corrected chi connectivity index (χ2v) is 8.98. The lowest BCUT2D eigenvalue weighted by Crippen LogP contribution is -2.15. The van der Waals surface area contributed by atoms with Crippen LogP contribution in [-0.4, -0.2) is 91.5 Å². The number of benzene rings is 1. The monoisotopic (exact) mass is 520 g/mol. The summed E-state index contributed by atoms with van der Waals surface area (Å²) in [7, 11) is -3.78. The Morgan fingerprint density at radius 2 is 1.17 bits per heavy atom. The minimum absolute atomic E-state index is 0.0499. The first-order chi connectivity index (χ1) is 16.8. The molecular formula is C23H36O11S. The van der Waals surface area contributed by atoms with Gasteiger partial charge in [-0.25, -0.2) is 0 Å². The number of carbonyl (C=O) groups excluding carboxylic acids is 1. The predicted octanol–water partition coefficient (Wildman–Crippen LogP) is 1.95. The number of ether oxygens (including phenoxy) is 5. The summed E-state index contributed by atoms with van der Waals surface area (Å²) in [6, 6.07) is 6.42. The molecule has 1 aromatic rings. The highest BCUT2D eigenvalue weighted by atomic mass is 32.2. The highest BCUT2D eigenvalue weighted by Gasteiger charge is 2.14. The summed E-state index contributed by atoms with van der Waals surface area (Å²) in [5.41, 5.74) is 0.964. The summed E-state index contributed by atoms with van der Waals surface area (Å²) in [5.74, 6) is -1.24. The zero-order valence-corrected chi connectivity index (χ0v) is 21.0. The van der Waals surface area contributed by atoms with Crippen molar-refractivity contribution in [1.82, 2.24) is 0 Å². The maximum Gasteiger partial charge on any atom is 0.305 e. The van der Waals surface area contributed by atoms with E-state index < -0.39 is 16.1 Å². The van der Waals surface area contributed by atoms with E-state index in [0.29, 0.717) is 52.5 Å². The molecule has 0 saturated carbocycles. The number of rotatable bonds is 22. The molecule has 12 heteroatoms. The molecule has 35 heavy (non-hydrogen) atoms. The summed E-state index contributed by atoms with van der Waals surface area (Å²) in [5, 5.41) is 8.51. The van der Waals surface area contributed by atoms with Gasteiger partial charge in [-0.2, -0.15) is 8.42 Å². The fourth-order valence-electron chi connectivity index (χ4n) is 2.57. The minimum Gasteiger partial charge on any atom is -0.481 e. The van der Waals surface area contributed by atoms with Gasteiger partial charge in [-0.1, -0.05) is 17.7 Å². The van der Waals surface area contributed by atoms with Gasteiger partial charge < -0.3 is 28.8 Å². The van der Waals surface area contributed by atoms with Crippen molar-refractivity contribution in [3.8, 4) is 0 Å². The smallest absolute Gasteiger partial charge is 0.305 e. The molecule has 0 aromatic heterocycles. The summed E-state index contributed by atoms with van der Waals surface area (Å²) in [6.45, 7) is 4.44. The van der Waals surface area contributed by atoms with Crippen molar-refractivity contribution in [3.63, 3.8) is 0 Å². The SMILES string of the molecule is Cc1ccc(S(=O)(=O)OCCOCCOCCOCCOCCOC(=O)CCCCC(=O)O)cc1. The Hall–Kier alpha value is -2.09. The molecule has 11 nitrogen and oxygen atoms in total. The maximum atomic E-state index is 12.0. The highest BCUT2D eigenvalue weighted by Crippen LogP contribution is 2.12. The van der Waals surface area contributed by atoms with Crippen molar-refractivity contribution in [1.29, 1.82) is 0 Å². The van der Waals surface area contributed by atoms with Gasteiger partial charge in [0.15, 0.2) is 0 Å². The topological polar surface area (TPSA) is 144 Å². The molecule has 1 aromatic carbocycles. The van der Waals surface area contributed by atoms with Crippen LogP contribution in [0.1, 0.15) is 31.2 Å². The molecule has 0 atom stereocenters. The van der Waals surface area contributed by atoms with Crippen LogP contribution in [0.2, 0.25) is 0 Å². The standard InChI is InChI=1S/C23H36O11S/c1-20-6-8-21(9-7-20)35(27,28)34-19-17-32-15-13-30-11-10-29-12-14-31-16-18-33-23(26)5-3-2-4-22(24)25/h6-9H,2-5,10-19H2,1H3,(H,24,25). The maximum absolute atomic E-state index is 12.0. The quantitative estimate of drug-likeness (QED) is 0.136. The Balaban J connectivity index is 1.83. The van der Waals surface area contributed by atoms with Gasteiger partial charge in [0.1, 0.15) is 6.61 Å². The van der Waals surface area contributed by atoms with E-state index in [0.717, 1.165) is 5.56 Å². The zero-order chi connectivity index (χ0) is 25.8. The van der Waals surface area contributed by atoms with Crippen molar-refractivity contribution in [2.24, 2.45) is 0 Å². The van der Waals surface area contributed by atoms with Crippen molar-refractivity contribution < 1.29 is 51.0 Å². The Kier molecular flexibility index (Phi) is 16.9. The highest BCUT2D eigenvalue weighted by molar-refractivity contribution is 7.86. The lowest BCUT2D eigenvalue weighted by molar-refractivity contribution is -0.146. The molecule has 0 bridgehead atoms. The van der Waals surface area contributed by atoms with E-state index in [1.807, 2.05) is 6.92 Å². The molecule has 0 fully saturated rings. The molecule has 0 aliphatic rings. The van der Waals surface area contributed by atoms with Crippen molar-refractivity contribution in [2.45, 2.75) is 37.5 Å².